The Morgan fingerprint density at radius 3 is 3.11 bits per heavy atom. The molecule has 1 aliphatic rings. The summed E-state index contributed by atoms with van der Waals surface area (Å²) in [6.07, 6.45) is 3.63. The molecular weight excluding hydrogens is 114 g/mol. The number of carbonyl (C=O) groups excluding carboxylic acids is 1. The number of nitrogens with zero attached hydrogens (tertiary/aromatic N) is 1. The lowest BCUT2D eigenvalue weighted by molar-refractivity contribution is -0.106. The molecule has 0 saturated heterocycles. The SMILES string of the molecule is CC1CCC(CC=O)=N1. The van der Waals surface area contributed by atoms with Gasteiger partial charge in [0.2, 0.25) is 0 Å². The topological polar surface area (TPSA) is 29.4 Å². The highest BCUT2D eigenvalue weighted by molar-refractivity contribution is 5.95. The van der Waals surface area contributed by atoms with Crippen LogP contribution in [0.1, 0.15) is 26.2 Å². The van der Waals surface area contributed by atoms with Crippen LogP contribution in [0.15, 0.2) is 4.99 Å². The number of aliphatic imine (C=N–C) groups is 1. The normalized spacial score (nSPS) is 25.9. The van der Waals surface area contributed by atoms with Gasteiger partial charge < -0.3 is 4.79 Å². The molecular formula is C7H11NO. The molecule has 2 heteroatoms. The summed E-state index contributed by atoms with van der Waals surface area (Å²) in [5, 5.41) is 0. The van der Waals surface area contributed by atoms with Gasteiger partial charge in [-0.3, -0.25) is 4.99 Å². The average Bonchev–Trinajstić information content (AvgIpc) is 2.17. The van der Waals surface area contributed by atoms with E-state index in [0.29, 0.717) is 12.5 Å². The molecule has 0 aromatic rings. The molecule has 1 rings (SSSR count). The Kier molecular flexibility index (Phi) is 1.98. The second-order valence-corrected chi connectivity index (χ2v) is 2.45. The van der Waals surface area contributed by atoms with E-state index in [1.165, 1.54) is 0 Å². The molecule has 0 radical (unpaired) electrons. The summed E-state index contributed by atoms with van der Waals surface area (Å²) in [5.41, 5.74) is 1.08. The lowest BCUT2D eigenvalue weighted by Gasteiger charge is -1.89. The smallest absolute Gasteiger partial charge is 0.125 e. The van der Waals surface area contributed by atoms with Crippen LogP contribution in [0.3, 0.4) is 0 Å². The minimum Gasteiger partial charge on any atom is -0.303 e. The molecule has 0 spiro atoms. The fourth-order valence-corrected chi connectivity index (χ4v) is 1.07. The van der Waals surface area contributed by atoms with Crippen LogP contribution in [0.5, 0.6) is 0 Å². The molecule has 1 atom stereocenters. The maximum atomic E-state index is 9.99. The van der Waals surface area contributed by atoms with Crippen molar-refractivity contribution in [2.24, 2.45) is 4.99 Å². The van der Waals surface area contributed by atoms with E-state index in [1.807, 2.05) is 0 Å². The van der Waals surface area contributed by atoms with Crippen molar-refractivity contribution >= 4 is 12.0 Å². The molecule has 1 heterocycles. The minimum atomic E-state index is 0.458. The lowest BCUT2D eigenvalue weighted by Crippen LogP contribution is -1.91. The molecule has 1 unspecified atom stereocenters. The van der Waals surface area contributed by atoms with Crippen LogP contribution >= 0.6 is 0 Å². The van der Waals surface area contributed by atoms with Crippen molar-refractivity contribution in [3.05, 3.63) is 0 Å². The van der Waals surface area contributed by atoms with E-state index in [-0.39, 0.29) is 0 Å². The van der Waals surface area contributed by atoms with Crippen LogP contribution in [0.25, 0.3) is 0 Å². The van der Waals surface area contributed by atoms with Gasteiger partial charge in [-0.05, 0) is 19.8 Å². The van der Waals surface area contributed by atoms with Gasteiger partial charge in [0.1, 0.15) is 6.29 Å². The maximum Gasteiger partial charge on any atom is 0.125 e. The minimum absolute atomic E-state index is 0.458. The number of hydrogen-bond donors (Lipinski definition) is 0. The van der Waals surface area contributed by atoms with Crippen molar-refractivity contribution in [2.75, 3.05) is 0 Å². The van der Waals surface area contributed by atoms with Crippen molar-refractivity contribution in [2.45, 2.75) is 32.2 Å². The van der Waals surface area contributed by atoms with Gasteiger partial charge in [-0.2, -0.15) is 0 Å². The van der Waals surface area contributed by atoms with E-state index < -0.39 is 0 Å². The van der Waals surface area contributed by atoms with E-state index in [0.717, 1.165) is 24.8 Å². The molecule has 0 bridgehead atoms. The molecule has 2 nitrogen and oxygen atoms in total. The number of carbonyl (C=O) groups is 1. The molecule has 0 aliphatic carbocycles. The highest BCUT2D eigenvalue weighted by Gasteiger charge is 2.11. The van der Waals surface area contributed by atoms with E-state index in [9.17, 15) is 4.79 Å². The van der Waals surface area contributed by atoms with Gasteiger partial charge in [0, 0.05) is 18.2 Å². The molecule has 0 aromatic carbocycles. The Bertz CT molecular complexity index is 140. The number of aldehydes is 1. The van der Waals surface area contributed by atoms with Gasteiger partial charge in [0.15, 0.2) is 0 Å². The molecule has 0 aromatic heterocycles. The Morgan fingerprint density at radius 2 is 2.67 bits per heavy atom. The van der Waals surface area contributed by atoms with Gasteiger partial charge in [-0.1, -0.05) is 0 Å². The fourth-order valence-electron chi connectivity index (χ4n) is 1.07. The van der Waals surface area contributed by atoms with Gasteiger partial charge >= 0.3 is 0 Å². The van der Waals surface area contributed by atoms with Gasteiger partial charge in [0.25, 0.3) is 0 Å². The van der Waals surface area contributed by atoms with E-state index in [4.69, 9.17) is 0 Å². The van der Waals surface area contributed by atoms with Crippen LogP contribution in [-0.2, 0) is 4.79 Å². The third kappa shape index (κ3) is 1.63. The summed E-state index contributed by atoms with van der Waals surface area (Å²) in [7, 11) is 0. The standard InChI is InChI=1S/C7H11NO/c1-6-2-3-7(8-6)4-5-9/h5-6H,2-4H2,1H3. The predicted molar refractivity (Wildman–Crippen MR) is 36.8 cm³/mol. The summed E-state index contributed by atoms with van der Waals surface area (Å²) < 4.78 is 0. The second-order valence-electron chi connectivity index (χ2n) is 2.45. The quantitative estimate of drug-likeness (QED) is 0.510. The zero-order valence-electron chi connectivity index (χ0n) is 5.63. The fraction of sp³-hybridized carbons (Fsp3) is 0.714. The monoisotopic (exact) mass is 125 g/mol. The van der Waals surface area contributed by atoms with Crippen molar-refractivity contribution < 1.29 is 4.79 Å². The first-order valence-electron chi connectivity index (χ1n) is 3.32. The highest BCUT2D eigenvalue weighted by Crippen LogP contribution is 2.13. The summed E-state index contributed by atoms with van der Waals surface area (Å²) in [6, 6.07) is 0.458. The van der Waals surface area contributed by atoms with Crippen molar-refractivity contribution in [3.63, 3.8) is 0 Å². The summed E-state index contributed by atoms with van der Waals surface area (Å²) in [4.78, 5) is 14.3. The van der Waals surface area contributed by atoms with Crippen LogP contribution in [0.4, 0.5) is 0 Å². The third-order valence-electron chi connectivity index (χ3n) is 1.57. The Labute approximate surface area is 55.0 Å². The molecule has 0 amide bonds. The number of rotatable bonds is 2. The Morgan fingerprint density at radius 1 is 1.89 bits per heavy atom. The van der Waals surface area contributed by atoms with Crippen molar-refractivity contribution in [3.8, 4) is 0 Å². The van der Waals surface area contributed by atoms with Crippen molar-refractivity contribution in [1.29, 1.82) is 0 Å². The van der Waals surface area contributed by atoms with Crippen LogP contribution in [0.2, 0.25) is 0 Å². The number of hydrogen-bond acceptors (Lipinski definition) is 2. The molecule has 0 fully saturated rings. The molecule has 0 N–H and O–H groups in total. The summed E-state index contributed by atoms with van der Waals surface area (Å²) in [5.74, 6) is 0. The highest BCUT2D eigenvalue weighted by atomic mass is 16.1. The largest absolute Gasteiger partial charge is 0.303 e. The first-order valence-corrected chi connectivity index (χ1v) is 3.32. The summed E-state index contributed by atoms with van der Waals surface area (Å²) >= 11 is 0. The molecule has 1 aliphatic heterocycles. The molecule has 0 saturated carbocycles. The van der Waals surface area contributed by atoms with Crippen LogP contribution in [-0.4, -0.2) is 18.0 Å². The van der Waals surface area contributed by atoms with E-state index in [2.05, 4.69) is 11.9 Å². The zero-order valence-corrected chi connectivity index (χ0v) is 5.63. The Hall–Kier alpha value is -0.660. The second kappa shape index (κ2) is 2.76. The van der Waals surface area contributed by atoms with Crippen molar-refractivity contribution in [1.82, 2.24) is 0 Å². The zero-order chi connectivity index (χ0) is 6.69. The molecule has 50 valence electrons. The first kappa shape index (κ1) is 6.46. The maximum absolute atomic E-state index is 9.99. The van der Waals surface area contributed by atoms with Gasteiger partial charge in [0.05, 0.1) is 0 Å². The van der Waals surface area contributed by atoms with Gasteiger partial charge in [-0.25, -0.2) is 0 Å². The predicted octanol–water partition coefficient (Wildman–Crippen LogP) is 1.20. The molecule has 9 heavy (non-hydrogen) atoms. The summed E-state index contributed by atoms with van der Waals surface area (Å²) in [6.45, 7) is 2.08. The van der Waals surface area contributed by atoms with Crippen LogP contribution in [0, 0.1) is 0 Å². The third-order valence-corrected chi connectivity index (χ3v) is 1.57. The Balaban J connectivity index is 2.41. The van der Waals surface area contributed by atoms with E-state index >= 15 is 0 Å². The lowest BCUT2D eigenvalue weighted by atomic mass is 10.2. The van der Waals surface area contributed by atoms with E-state index in [1.54, 1.807) is 0 Å². The average molecular weight is 125 g/mol. The van der Waals surface area contributed by atoms with Gasteiger partial charge in [-0.15, -0.1) is 0 Å². The first-order chi connectivity index (χ1) is 4.33. The van der Waals surface area contributed by atoms with Crippen LogP contribution < -0.4 is 0 Å².